The fourth-order valence-electron chi connectivity index (χ4n) is 2.12. The summed E-state index contributed by atoms with van der Waals surface area (Å²) in [5.74, 6) is 0.00690. The zero-order valence-electron chi connectivity index (χ0n) is 10.9. The Balaban J connectivity index is 2.08. The van der Waals surface area contributed by atoms with Crippen LogP contribution in [0.2, 0.25) is 0 Å². The zero-order chi connectivity index (χ0) is 13.0. The molecular formula is C15H20N2O. The summed E-state index contributed by atoms with van der Waals surface area (Å²) in [5.41, 5.74) is 1.62. The molecule has 0 saturated carbocycles. The lowest BCUT2D eigenvalue weighted by Gasteiger charge is -2.17. The van der Waals surface area contributed by atoms with Gasteiger partial charge in [0.15, 0.2) is 0 Å². The lowest BCUT2D eigenvalue weighted by atomic mass is 10.1. The molecule has 18 heavy (non-hydrogen) atoms. The third-order valence-electron chi connectivity index (χ3n) is 2.96. The van der Waals surface area contributed by atoms with Crippen molar-refractivity contribution in [2.75, 3.05) is 5.32 Å². The van der Waals surface area contributed by atoms with E-state index in [1.807, 2.05) is 24.3 Å². The topological polar surface area (TPSA) is 41.1 Å². The molecule has 0 unspecified atom stereocenters. The molecule has 1 amide bonds. The first-order valence-corrected chi connectivity index (χ1v) is 6.48. The van der Waals surface area contributed by atoms with Gasteiger partial charge in [0, 0.05) is 17.8 Å². The predicted octanol–water partition coefficient (Wildman–Crippen LogP) is 2.96. The van der Waals surface area contributed by atoms with Crippen LogP contribution in [0.5, 0.6) is 0 Å². The van der Waals surface area contributed by atoms with Gasteiger partial charge in [-0.2, -0.15) is 0 Å². The molecule has 3 nitrogen and oxygen atoms in total. The van der Waals surface area contributed by atoms with E-state index < -0.39 is 0 Å². The van der Waals surface area contributed by atoms with Gasteiger partial charge in [-0.25, -0.2) is 0 Å². The summed E-state index contributed by atoms with van der Waals surface area (Å²) >= 11 is 0. The molecule has 1 aromatic rings. The summed E-state index contributed by atoms with van der Waals surface area (Å²) in [5, 5.41) is 6.37. The SMILES string of the molecule is CC(C)Nc1ccccc1C(=O)NC1CC=CC1. The average molecular weight is 244 g/mol. The van der Waals surface area contributed by atoms with Crippen LogP contribution >= 0.6 is 0 Å². The van der Waals surface area contributed by atoms with Crippen LogP contribution in [0.25, 0.3) is 0 Å². The third kappa shape index (κ3) is 3.13. The molecule has 1 aliphatic rings. The van der Waals surface area contributed by atoms with Crippen molar-refractivity contribution < 1.29 is 4.79 Å². The molecule has 3 heteroatoms. The van der Waals surface area contributed by atoms with Gasteiger partial charge in [0.25, 0.3) is 5.91 Å². The number of nitrogens with one attached hydrogen (secondary N) is 2. The molecule has 0 heterocycles. The van der Waals surface area contributed by atoms with Gasteiger partial charge < -0.3 is 10.6 Å². The fourth-order valence-corrected chi connectivity index (χ4v) is 2.12. The number of rotatable bonds is 4. The van der Waals surface area contributed by atoms with Crippen LogP contribution in [0.3, 0.4) is 0 Å². The highest BCUT2D eigenvalue weighted by Gasteiger charge is 2.16. The number of para-hydroxylation sites is 1. The molecule has 2 N–H and O–H groups in total. The first-order chi connectivity index (χ1) is 8.66. The number of carbonyl (C=O) groups excluding carboxylic acids is 1. The fraction of sp³-hybridized carbons (Fsp3) is 0.400. The Morgan fingerprint density at radius 2 is 1.89 bits per heavy atom. The smallest absolute Gasteiger partial charge is 0.253 e. The van der Waals surface area contributed by atoms with Crippen molar-refractivity contribution in [3.8, 4) is 0 Å². The molecule has 0 atom stereocenters. The Morgan fingerprint density at radius 3 is 2.56 bits per heavy atom. The van der Waals surface area contributed by atoms with E-state index in [1.165, 1.54) is 0 Å². The van der Waals surface area contributed by atoms with Gasteiger partial charge in [-0.05, 0) is 38.8 Å². The molecule has 1 aliphatic carbocycles. The van der Waals surface area contributed by atoms with Gasteiger partial charge in [-0.3, -0.25) is 4.79 Å². The van der Waals surface area contributed by atoms with Crippen LogP contribution in [0.1, 0.15) is 37.0 Å². The Morgan fingerprint density at radius 1 is 1.22 bits per heavy atom. The third-order valence-corrected chi connectivity index (χ3v) is 2.96. The number of amides is 1. The number of hydrogen-bond acceptors (Lipinski definition) is 2. The van der Waals surface area contributed by atoms with Crippen LogP contribution in [0.15, 0.2) is 36.4 Å². The van der Waals surface area contributed by atoms with Gasteiger partial charge in [-0.1, -0.05) is 24.3 Å². The van der Waals surface area contributed by atoms with E-state index in [4.69, 9.17) is 0 Å². The van der Waals surface area contributed by atoms with Crippen molar-refractivity contribution in [1.29, 1.82) is 0 Å². The minimum Gasteiger partial charge on any atom is -0.382 e. The summed E-state index contributed by atoms with van der Waals surface area (Å²) in [6.45, 7) is 4.13. The molecule has 96 valence electrons. The molecule has 0 spiro atoms. The van der Waals surface area contributed by atoms with Gasteiger partial charge in [0.1, 0.15) is 0 Å². The maximum atomic E-state index is 12.2. The van der Waals surface area contributed by atoms with Gasteiger partial charge >= 0.3 is 0 Å². The van der Waals surface area contributed by atoms with Gasteiger partial charge in [0.2, 0.25) is 0 Å². The Kier molecular flexibility index (Phi) is 4.03. The molecule has 0 bridgehead atoms. The van der Waals surface area contributed by atoms with E-state index in [0.717, 1.165) is 24.1 Å². The normalized spacial score (nSPS) is 15.1. The monoisotopic (exact) mass is 244 g/mol. The van der Waals surface area contributed by atoms with Crippen LogP contribution < -0.4 is 10.6 Å². The average Bonchev–Trinajstić information content (AvgIpc) is 2.81. The highest BCUT2D eigenvalue weighted by atomic mass is 16.1. The van der Waals surface area contributed by atoms with E-state index in [-0.39, 0.29) is 11.9 Å². The number of hydrogen-bond donors (Lipinski definition) is 2. The predicted molar refractivity (Wildman–Crippen MR) is 74.8 cm³/mol. The Hall–Kier alpha value is -1.77. The summed E-state index contributed by atoms with van der Waals surface area (Å²) in [6, 6.07) is 8.22. The van der Waals surface area contributed by atoms with Crippen LogP contribution in [-0.2, 0) is 0 Å². The molecular weight excluding hydrogens is 224 g/mol. The van der Waals surface area contributed by atoms with Crippen molar-refractivity contribution >= 4 is 11.6 Å². The zero-order valence-corrected chi connectivity index (χ0v) is 10.9. The minimum atomic E-state index is 0.00690. The largest absolute Gasteiger partial charge is 0.382 e. The number of anilines is 1. The first kappa shape index (κ1) is 12.7. The lowest BCUT2D eigenvalue weighted by molar-refractivity contribution is 0.0940. The maximum absolute atomic E-state index is 12.2. The van der Waals surface area contributed by atoms with E-state index in [9.17, 15) is 4.79 Å². The Bertz CT molecular complexity index is 444. The van der Waals surface area contributed by atoms with Crippen molar-refractivity contribution in [3.05, 3.63) is 42.0 Å². The molecule has 0 saturated heterocycles. The van der Waals surface area contributed by atoms with E-state index in [2.05, 4.69) is 36.6 Å². The van der Waals surface area contributed by atoms with Crippen molar-refractivity contribution in [1.82, 2.24) is 5.32 Å². The number of carbonyl (C=O) groups is 1. The molecule has 1 aromatic carbocycles. The van der Waals surface area contributed by atoms with Gasteiger partial charge in [-0.15, -0.1) is 0 Å². The summed E-state index contributed by atoms with van der Waals surface area (Å²) in [7, 11) is 0. The standard InChI is InChI=1S/C15H20N2O/c1-11(2)16-14-10-6-5-9-13(14)15(18)17-12-7-3-4-8-12/h3-6,9-12,16H,7-8H2,1-2H3,(H,17,18). The second-order valence-electron chi connectivity index (χ2n) is 4.96. The van der Waals surface area contributed by atoms with Crippen molar-refractivity contribution in [2.24, 2.45) is 0 Å². The summed E-state index contributed by atoms with van der Waals surface area (Å²) in [6.07, 6.45) is 6.10. The molecule has 0 fully saturated rings. The van der Waals surface area contributed by atoms with Gasteiger partial charge in [0.05, 0.1) is 5.56 Å². The van der Waals surface area contributed by atoms with Crippen LogP contribution in [0, 0.1) is 0 Å². The Labute approximate surface area is 108 Å². The molecule has 0 aliphatic heterocycles. The molecule has 0 aromatic heterocycles. The minimum absolute atomic E-state index is 0.00690. The molecule has 0 radical (unpaired) electrons. The number of benzene rings is 1. The summed E-state index contributed by atoms with van der Waals surface area (Å²) in [4.78, 5) is 12.2. The first-order valence-electron chi connectivity index (χ1n) is 6.48. The van der Waals surface area contributed by atoms with E-state index in [1.54, 1.807) is 0 Å². The highest BCUT2D eigenvalue weighted by molar-refractivity contribution is 5.99. The van der Waals surface area contributed by atoms with Crippen LogP contribution in [-0.4, -0.2) is 18.0 Å². The maximum Gasteiger partial charge on any atom is 0.253 e. The van der Waals surface area contributed by atoms with E-state index >= 15 is 0 Å². The lowest BCUT2D eigenvalue weighted by Crippen LogP contribution is -2.33. The summed E-state index contributed by atoms with van der Waals surface area (Å²) < 4.78 is 0. The second-order valence-corrected chi connectivity index (χ2v) is 4.96. The van der Waals surface area contributed by atoms with Crippen molar-refractivity contribution in [2.45, 2.75) is 38.8 Å². The van der Waals surface area contributed by atoms with Crippen LogP contribution in [0.4, 0.5) is 5.69 Å². The molecule has 2 rings (SSSR count). The second kappa shape index (κ2) is 5.71. The highest BCUT2D eigenvalue weighted by Crippen LogP contribution is 2.17. The quantitative estimate of drug-likeness (QED) is 0.799. The van der Waals surface area contributed by atoms with Crippen molar-refractivity contribution in [3.63, 3.8) is 0 Å². The van der Waals surface area contributed by atoms with E-state index in [0.29, 0.717) is 6.04 Å².